The van der Waals surface area contributed by atoms with E-state index >= 15 is 0 Å². The van der Waals surface area contributed by atoms with Crippen LogP contribution in [0.4, 0.5) is 0 Å². The highest BCUT2D eigenvalue weighted by Gasteiger charge is 2.23. The summed E-state index contributed by atoms with van der Waals surface area (Å²) in [6, 6.07) is 9.95. The Labute approximate surface area is 177 Å². The van der Waals surface area contributed by atoms with Crippen molar-refractivity contribution in [3.05, 3.63) is 52.8 Å². The van der Waals surface area contributed by atoms with Gasteiger partial charge in [0.05, 0.1) is 22.9 Å². The maximum Gasteiger partial charge on any atom is 0.290 e. The van der Waals surface area contributed by atoms with Crippen LogP contribution >= 0.6 is 0 Å². The minimum Gasteiger partial charge on any atom is -0.483 e. The number of carbonyl (C=O) groups excluding carboxylic acids is 1. The molecule has 2 aromatic rings. The molecule has 1 aromatic heterocycles. The number of nitrogens with zero attached hydrogens (tertiary/aromatic N) is 5. The molecule has 0 spiro atoms. The van der Waals surface area contributed by atoms with Gasteiger partial charge in [-0.3, -0.25) is 19.2 Å². The van der Waals surface area contributed by atoms with E-state index in [-0.39, 0.29) is 12.4 Å². The van der Waals surface area contributed by atoms with Crippen molar-refractivity contribution in [2.24, 2.45) is 0 Å². The minimum atomic E-state index is -0.250. The van der Waals surface area contributed by atoms with Crippen molar-refractivity contribution in [3.8, 4) is 6.07 Å². The first-order chi connectivity index (χ1) is 14.5. The van der Waals surface area contributed by atoms with Gasteiger partial charge in [0.25, 0.3) is 12.4 Å². The Morgan fingerprint density at radius 2 is 2.07 bits per heavy atom. The summed E-state index contributed by atoms with van der Waals surface area (Å²) in [5.41, 5.74) is 3.37. The van der Waals surface area contributed by atoms with Crippen LogP contribution in [0.1, 0.15) is 46.9 Å². The van der Waals surface area contributed by atoms with Gasteiger partial charge in [-0.05, 0) is 37.5 Å². The fourth-order valence-electron chi connectivity index (χ4n) is 3.57. The SMILES string of the molecule is CCCn1cc(C(=O)N2CCCN(Cc3cccc(C#N)c3)CC2)c(C)n1.O=CO. The summed E-state index contributed by atoms with van der Waals surface area (Å²) in [6.45, 7) is 8.69. The molecular weight excluding hydrogens is 382 g/mol. The summed E-state index contributed by atoms with van der Waals surface area (Å²) in [7, 11) is 0. The third-order valence-electron chi connectivity index (χ3n) is 4.97. The summed E-state index contributed by atoms with van der Waals surface area (Å²) < 4.78 is 1.87. The summed E-state index contributed by atoms with van der Waals surface area (Å²) in [6.07, 6.45) is 3.84. The lowest BCUT2D eigenvalue weighted by Crippen LogP contribution is -2.35. The number of aromatic nitrogens is 2. The van der Waals surface area contributed by atoms with Crippen molar-refractivity contribution in [1.82, 2.24) is 19.6 Å². The molecule has 0 unspecified atom stereocenters. The first kappa shape index (κ1) is 23.1. The van der Waals surface area contributed by atoms with Gasteiger partial charge in [0, 0.05) is 45.5 Å². The Hall–Kier alpha value is -3.18. The monoisotopic (exact) mass is 411 g/mol. The first-order valence-electron chi connectivity index (χ1n) is 10.1. The maximum absolute atomic E-state index is 13.0. The number of amides is 1. The van der Waals surface area contributed by atoms with E-state index in [1.54, 1.807) is 0 Å². The number of nitriles is 1. The number of aryl methyl sites for hydroxylation is 2. The third-order valence-corrected chi connectivity index (χ3v) is 4.97. The lowest BCUT2D eigenvalue weighted by molar-refractivity contribution is -0.122. The van der Waals surface area contributed by atoms with Crippen LogP contribution in [0, 0.1) is 18.3 Å². The normalized spacial score (nSPS) is 14.2. The number of rotatable bonds is 5. The average Bonchev–Trinajstić information content (AvgIpc) is 2.95. The standard InChI is InChI=1S/C21H27N5O.CH2O2/c1-3-8-26-16-20(17(2)23-26)21(27)25-10-5-9-24(11-12-25)15-19-7-4-6-18(13-19)14-22;2-1-3/h4,6-7,13,16H,3,5,8-12,15H2,1-2H3;1H,(H,2,3). The van der Waals surface area contributed by atoms with Crippen LogP contribution in [0.2, 0.25) is 0 Å². The molecule has 0 bridgehead atoms. The van der Waals surface area contributed by atoms with Crippen molar-refractivity contribution < 1.29 is 14.7 Å². The Morgan fingerprint density at radius 1 is 1.30 bits per heavy atom. The molecule has 30 heavy (non-hydrogen) atoms. The number of hydrogen-bond donors (Lipinski definition) is 1. The Kier molecular flexibility index (Phi) is 9.03. The van der Waals surface area contributed by atoms with E-state index < -0.39 is 0 Å². The molecule has 1 aromatic carbocycles. The maximum atomic E-state index is 13.0. The molecular formula is C22H29N5O3. The van der Waals surface area contributed by atoms with Crippen molar-refractivity contribution in [2.75, 3.05) is 26.2 Å². The lowest BCUT2D eigenvalue weighted by Gasteiger charge is -2.22. The van der Waals surface area contributed by atoms with Crippen molar-refractivity contribution in [3.63, 3.8) is 0 Å². The second kappa shape index (κ2) is 11.7. The zero-order chi connectivity index (χ0) is 21.9. The molecule has 1 aliphatic heterocycles. The van der Waals surface area contributed by atoms with E-state index in [0.717, 1.165) is 68.9 Å². The van der Waals surface area contributed by atoms with Crippen molar-refractivity contribution in [2.45, 2.75) is 39.8 Å². The molecule has 0 saturated carbocycles. The first-order valence-corrected chi connectivity index (χ1v) is 10.1. The van der Waals surface area contributed by atoms with Gasteiger partial charge in [0.15, 0.2) is 0 Å². The van der Waals surface area contributed by atoms with Crippen molar-refractivity contribution >= 4 is 12.4 Å². The van der Waals surface area contributed by atoms with Crippen LogP contribution in [0.15, 0.2) is 30.5 Å². The molecule has 0 radical (unpaired) electrons. The molecule has 1 amide bonds. The topological polar surface area (TPSA) is 102 Å². The Morgan fingerprint density at radius 3 is 2.77 bits per heavy atom. The summed E-state index contributed by atoms with van der Waals surface area (Å²) >= 11 is 0. The van der Waals surface area contributed by atoms with Gasteiger partial charge in [0.2, 0.25) is 0 Å². The molecule has 160 valence electrons. The average molecular weight is 412 g/mol. The van der Waals surface area contributed by atoms with Gasteiger partial charge in [-0.2, -0.15) is 10.4 Å². The van der Waals surface area contributed by atoms with E-state index in [4.69, 9.17) is 15.2 Å². The summed E-state index contributed by atoms with van der Waals surface area (Å²) in [5, 5.41) is 20.4. The molecule has 2 heterocycles. The zero-order valence-corrected chi connectivity index (χ0v) is 17.6. The third kappa shape index (κ3) is 6.42. The van der Waals surface area contributed by atoms with Gasteiger partial charge in [-0.25, -0.2) is 0 Å². The fraction of sp³-hybridized carbons (Fsp3) is 0.455. The lowest BCUT2D eigenvalue weighted by atomic mass is 10.1. The molecule has 1 saturated heterocycles. The number of carbonyl (C=O) groups is 2. The van der Waals surface area contributed by atoms with E-state index in [1.807, 2.05) is 40.9 Å². The van der Waals surface area contributed by atoms with E-state index in [1.165, 1.54) is 0 Å². The second-order valence-corrected chi connectivity index (χ2v) is 7.23. The molecule has 1 aliphatic rings. The largest absolute Gasteiger partial charge is 0.483 e. The quantitative estimate of drug-likeness (QED) is 0.759. The van der Waals surface area contributed by atoms with Crippen LogP contribution in [0.25, 0.3) is 0 Å². The Bertz CT molecular complexity index is 887. The number of benzene rings is 1. The predicted octanol–water partition coefficient (Wildman–Crippen LogP) is 2.52. The molecule has 0 aliphatic carbocycles. The molecule has 0 atom stereocenters. The number of hydrogen-bond acceptors (Lipinski definition) is 5. The van der Waals surface area contributed by atoms with E-state index in [9.17, 15) is 4.79 Å². The Balaban J connectivity index is 0.00000101. The van der Waals surface area contributed by atoms with Gasteiger partial charge in [-0.15, -0.1) is 0 Å². The molecule has 1 fully saturated rings. The zero-order valence-electron chi connectivity index (χ0n) is 17.6. The highest BCUT2D eigenvalue weighted by atomic mass is 16.3. The predicted molar refractivity (Wildman–Crippen MR) is 113 cm³/mol. The van der Waals surface area contributed by atoms with Gasteiger partial charge in [-0.1, -0.05) is 19.1 Å². The van der Waals surface area contributed by atoms with Crippen LogP contribution in [0.5, 0.6) is 0 Å². The second-order valence-electron chi connectivity index (χ2n) is 7.23. The van der Waals surface area contributed by atoms with Crippen LogP contribution in [-0.2, 0) is 17.9 Å². The van der Waals surface area contributed by atoms with Crippen molar-refractivity contribution in [1.29, 1.82) is 5.26 Å². The fourth-order valence-corrected chi connectivity index (χ4v) is 3.57. The molecule has 8 nitrogen and oxygen atoms in total. The minimum absolute atomic E-state index is 0.0863. The highest BCUT2D eigenvalue weighted by Crippen LogP contribution is 2.15. The molecule has 8 heteroatoms. The van der Waals surface area contributed by atoms with Crippen LogP contribution in [-0.4, -0.2) is 63.2 Å². The van der Waals surface area contributed by atoms with Gasteiger partial charge in [0.1, 0.15) is 0 Å². The van der Waals surface area contributed by atoms with Crippen LogP contribution in [0.3, 0.4) is 0 Å². The van der Waals surface area contributed by atoms with Crippen LogP contribution < -0.4 is 0 Å². The number of carboxylic acid groups (broad SMARTS) is 1. The van der Waals surface area contributed by atoms with E-state index in [2.05, 4.69) is 29.1 Å². The van der Waals surface area contributed by atoms with Gasteiger partial charge >= 0.3 is 0 Å². The summed E-state index contributed by atoms with van der Waals surface area (Å²) in [5.74, 6) is 0.0863. The molecule has 1 N–H and O–H groups in total. The molecule has 3 rings (SSSR count). The smallest absolute Gasteiger partial charge is 0.290 e. The summed E-state index contributed by atoms with van der Waals surface area (Å²) in [4.78, 5) is 25.6. The highest BCUT2D eigenvalue weighted by molar-refractivity contribution is 5.95. The van der Waals surface area contributed by atoms with Gasteiger partial charge < -0.3 is 10.0 Å². The van der Waals surface area contributed by atoms with E-state index in [0.29, 0.717) is 5.56 Å².